The monoisotopic (exact) mass is 232 g/mol. The number of nitrogens with one attached hydrogen (secondary N) is 1. The van der Waals surface area contributed by atoms with Crippen LogP contribution in [0.5, 0.6) is 0 Å². The van der Waals surface area contributed by atoms with Gasteiger partial charge >= 0.3 is 0 Å². The summed E-state index contributed by atoms with van der Waals surface area (Å²) >= 11 is 0. The van der Waals surface area contributed by atoms with Crippen LogP contribution in [0.1, 0.15) is 63.3 Å². The number of rotatable bonds is 9. The fourth-order valence-electron chi connectivity index (χ4n) is 1.96. The van der Waals surface area contributed by atoms with E-state index >= 15 is 0 Å². The van der Waals surface area contributed by atoms with E-state index in [2.05, 4.69) is 35.5 Å². The molecule has 1 N–H and O–H groups in total. The zero-order chi connectivity index (χ0) is 12.3. The maximum absolute atomic E-state index is 4.26. The molecule has 0 aliphatic rings. The summed E-state index contributed by atoms with van der Waals surface area (Å²) < 4.78 is 0. The van der Waals surface area contributed by atoms with Gasteiger partial charge in [0.2, 0.25) is 0 Å². The lowest BCUT2D eigenvalue weighted by Crippen LogP contribution is -1.86. The topological polar surface area (TPSA) is 28.7 Å². The van der Waals surface area contributed by atoms with Crippen molar-refractivity contribution < 1.29 is 0 Å². The minimum atomic E-state index is 0.998. The fourth-order valence-corrected chi connectivity index (χ4v) is 1.96. The van der Waals surface area contributed by atoms with Gasteiger partial charge in [0.05, 0.1) is 11.4 Å². The molecule has 1 rings (SSSR count). The first kappa shape index (κ1) is 13.8. The second kappa shape index (κ2) is 8.83. The van der Waals surface area contributed by atoms with Gasteiger partial charge in [-0.05, 0) is 18.9 Å². The summed E-state index contributed by atoms with van der Waals surface area (Å²) in [5, 5.41) is 7.23. The van der Waals surface area contributed by atoms with Crippen molar-refractivity contribution in [3.05, 3.63) is 29.8 Å². The van der Waals surface area contributed by atoms with E-state index in [4.69, 9.17) is 0 Å². The molecule has 2 nitrogen and oxygen atoms in total. The minimum absolute atomic E-state index is 0.998. The quantitative estimate of drug-likeness (QED) is 0.493. The summed E-state index contributed by atoms with van der Waals surface area (Å²) in [5.41, 5.74) is 4.90. The van der Waals surface area contributed by atoms with Gasteiger partial charge in [0.25, 0.3) is 0 Å². The first-order valence-electron chi connectivity index (χ1n) is 6.77. The first-order valence-corrected chi connectivity index (χ1v) is 6.77. The number of aryl methyl sites for hydroxylation is 1. The number of H-pyrrole nitrogens is 1. The average Bonchev–Trinajstić information content (AvgIpc) is 2.76. The van der Waals surface area contributed by atoms with Crippen molar-refractivity contribution in [2.75, 3.05) is 0 Å². The lowest BCUT2D eigenvalue weighted by Gasteiger charge is -1.99. The van der Waals surface area contributed by atoms with Gasteiger partial charge in [-0.3, -0.25) is 5.10 Å². The van der Waals surface area contributed by atoms with Gasteiger partial charge in [0, 0.05) is 6.08 Å². The molecular formula is C15H24N2. The van der Waals surface area contributed by atoms with Gasteiger partial charge in [0.15, 0.2) is 0 Å². The highest BCUT2D eigenvalue weighted by Gasteiger charge is 1.98. The van der Waals surface area contributed by atoms with Crippen LogP contribution in [0.3, 0.4) is 0 Å². The van der Waals surface area contributed by atoms with Crippen molar-refractivity contribution in [3.8, 4) is 0 Å². The van der Waals surface area contributed by atoms with E-state index in [1.165, 1.54) is 44.9 Å². The highest BCUT2D eigenvalue weighted by molar-refractivity contribution is 5.43. The molecule has 0 saturated heterocycles. The zero-order valence-corrected chi connectivity index (χ0v) is 11.0. The van der Waals surface area contributed by atoms with Crippen LogP contribution >= 0.6 is 0 Å². The Bertz CT molecular complexity index is 346. The van der Waals surface area contributed by atoms with Crippen molar-refractivity contribution in [2.24, 2.45) is 0 Å². The van der Waals surface area contributed by atoms with Crippen molar-refractivity contribution >= 4 is 6.08 Å². The number of aromatic amines is 1. The lowest BCUT2D eigenvalue weighted by molar-refractivity contribution is 0.587. The van der Waals surface area contributed by atoms with Crippen LogP contribution in [-0.4, -0.2) is 10.2 Å². The van der Waals surface area contributed by atoms with Gasteiger partial charge < -0.3 is 0 Å². The third kappa shape index (κ3) is 6.13. The lowest BCUT2D eigenvalue weighted by atomic mass is 10.1. The van der Waals surface area contributed by atoms with Crippen LogP contribution in [0.25, 0.3) is 6.08 Å². The highest BCUT2D eigenvalue weighted by Crippen LogP contribution is 2.10. The van der Waals surface area contributed by atoms with Gasteiger partial charge in [-0.1, -0.05) is 52.0 Å². The molecule has 0 saturated carbocycles. The Morgan fingerprint density at radius 2 is 1.94 bits per heavy atom. The van der Waals surface area contributed by atoms with Crippen LogP contribution in [0.4, 0.5) is 0 Å². The molecule has 0 aliphatic heterocycles. The summed E-state index contributed by atoms with van der Waals surface area (Å²) in [6.45, 7) is 5.80. The normalized spacial score (nSPS) is 10.2. The predicted molar refractivity (Wildman–Crippen MR) is 73.9 cm³/mol. The van der Waals surface area contributed by atoms with Crippen LogP contribution in [0.15, 0.2) is 18.4 Å². The number of hydrogen-bond donors (Lipinski definition) is 1. The van der Waals surface area contributed by atoms with Crippen LogP contribution in [0.2, 0.25) is 0 Å². The number of nitrogens with zero attached hydrogens (tertiary/aromatic N) is 1. The molecule has 1 heterocycles. The summed E-state index contributed by atoms with van der Waals surface area (Å²) in [7, 11) is 0. The molecule has 0 radical (unpaired) electrons. The molecule has 2 heteroatoms. The zero-order valence-electron chi connectivity index (χ0n) is 11.0. The molecule has 0 aliphatic carbocycles. The number of unbranched alkanes of at least 4 members (excludes halogenated alkanes) is 6. The highest BCUT2D eigenvalue weighted by atomic mass is 15.1. The standard InChI is InChI=1S/C15H24N2/c1-3-5-6-7-8-9-10-12-15-13-14(11-4-2)16-17-15/h11,13H,2-3,5-10,12H2,1H3,(H,16,17). The van der Waals surface area contributed by atoms with Gasteiger partial charge in [-0.25, -0.2) is 0 Å². The maximum Gasteiger partial charge on any atom is 0.0657 e. The molecule has 0 fully saturated rings. The molecule has 94 valence electrons. The van der Waals surface area contributed by atoms with Crippen molar-refractivity contribution in [3.63, 3.8) is 0 Å². The van der Waals surface area contributed by atoms with E-state index in [1.807, 2.05) is 6.08 Å². The van der Waals surface area contributed by atoms with E-state index < -0.39 is 0 Å². The SMILES string of the molecule is C=C=Cc1cc(CCCCCCCCC)n[nH]1. The van der Waals surface area contributed by atoms with E-state index in [-0.39, 0.29) is 0 Å². The largest absolute Gasteiger partial charge is 0.278 e. The summed E-state index contributed by atoms with van der Waals surface area (Å²) in [6.07, 6.45) is 12.3. The van der Waals surface area contributed by atoms with Gasteiger partial charge in [-0.15, -0.1) is 5.73 Å². The molecule has 0 bridgehead atoms. The predicted octanol–water partition coefficient (Wildman–Crippen LogP) is 4.50. The Kier molecular flexibility index (Phi) is 7.17. The Labute approximate surface area is 105 Å². The Morgan fingerprint density at radius 3 is 2.65 bits per heavy atom. The second-order valence-corrected chi connectivity index (χ2v) is 4.53. The molecular weight excluding hydrogens is 208 g/mol. The van der Waals surface area contributed by atoms with Crippen LogP contribution < -0.4 is 0 Å². The van der Waals surface area contributed by atoms with Crippen molar-refractivity contribution in [1.82, 2.24) is 10.2 Å². The summed E-state index contributed by atoms with van der Waals surface area (Å²) in [6, 6.07) is 2.08. The van der Waals surface area contributed by atoms with Gasteiger partial charge in [0.1, 0.15) is 0 Å². The van der Waals surface area contributed by atoms with Crippen LogP contribution in [-0.2, 0) is 6.42 Å². The maximum atomic E-state index is 4.26. The Balaban J connectivity index is 2.07. The Hall–Kier alpha value is -1.27. The Morgan fingerprint density at radius 1 is 1.24 bits per heavy atom. The summed E-state index contributed by atoms with van der Waals surface area (Å²) in [5.74, 6) is 0. The molecule has 1 aromatic heterocycles. The first-order chi connectivity index (χ1) is 8.36. The molecule has 1 aromatic rings. The van der Waals surface area contributed by atoms with Gasteiger partial charge in [-0.2, -0.15) is 5.10 Å². The van der Waals surface area contributed by atoms with Crippen LogP contribution in [0, 0.1) is 0 Å². The molecule has 0 atom stereocenters. The van der Waals surface area contributed by atoms with E-state index in [0.717, 1.165) is 17.8 Å². The molecule has 0 spiro atoms. The van der Waals surface area contributed by atoms with E-state index in [0.29, 0.717) is 0 Å². The fraction of sp³-hybridized carbons (Fsp3) is 0.600. The smallest absolute Gasteiger partial charge is 0.0657 e. The second-order valence-electron chi connectivity index (χ2n) is 4.53. The summed E-state index contributed by atoms with van der Waals surface area (Å²) in [4.78, 5) is 0. The van der Waals surface area contributed by atoms with Crippen molar-refractivity contribution in [2.45, 2.75) is 58.3 Å². The molecule has 17 heavy (non-hydrogen) atoms. The number of aromatic nitrogens is 2. The number of hydrogen-bond acceptors (Lipinski definition) is 1. The van der Waals surface area contributed by atoms with E-state index in [9.17, 15) is 0 Å². The van der Waals surface area contributed by atoms with Crippen molar-refractivity contribution in [1.29, 1.82) is 0 Å². The third-order valence-corrected chi connectivity index (χ3v) is 2.94. The molecule has 0 aromatic carbocycles. The third-order valence-electron chi connectivity index (χ3n) is 2.94. The average molecular weight is 232 g/mol. The minimum Gasteiger partial charge on any atom is -0.278 e. The molecule has 0 unspecified atom stereocenters. The molecule has 0 amide bonds. The van der Waals surface area contributed by atoms with E-state index in [1.54, 1.807) is 0 Å².